The molecule has 104 valence electrons. The smallest absolute Gasteiger partial charge is 0.221 e. The van der Waals surface area contributed by atoms with Gasteiger partial charge >= 0.3 is 0 Å². The van der Waals surface area contributed by atoms with E-state index in [0.29, 0.717) is 25.4 Å². The predicted octanol–water partition coefficient (Wildman–Crippen LogP) is 1.82. The largest absolute Gasteiger partial charge is 0.468 e. The highest BCUT2D eigenvalue weighted by molar-refractivity contribution is 5.32. The van der Waals surface area contributed by atoms with Crippen LogP contribution in [0.15, 0.2) is 24.3 Å². The average Bonchev–Trinajstić information content (AvgIpc) is 3.20. The molecule has 0 N–H and O–H groups in total. The summed E-state index contributed by atoms with van der Waals surface area (Å²) >= 11 is 0. The molecule has 2 rings (SSSR count). The topological polar surface area (TPSA) is 70.8 Å². The van der Waals surface area contributed by atoms with Gasteiger partial charge in [0, 0.05) is 18.5 Å². The molecule has 0 radical (unpaired) electrons. The second-order valence-corrected chi connectivity index (χ2v) is 4.43. The van der Waals surface area contributed by atoms with Crippen molar-refractivity contribution in [2.75, 3.05) is 27.1 Å². The molecule has 0 heterocycles. The lowest BCUT2D eigenvalue weighted by atomic mass is 10.1. The number of nitro groups is 1. The maximum Gasteiger partial charge on any atom is 0.221 e. The highest BCUT2D eigenvalue weighted by atomic mass is 16.7. The summed E-state index contributed by atoms with van der Waals surface area (Å²) in [5, 5.41) is 10.6. The number of rotatable bonds is 8. The molecular formula is C13H17NO5. The fourth-order valence-corrected chi connectivity index (χ4v) is 1.89. The van der Waals surface area contributed by atoms with Crippen LogP contribution in [0.5, 0.6) is 5.75 Å². The zero-order valence-corrected chi connectivity index (χ0v) is 10.8. The first kappa shape index (κ1) is 13.8. The summed E-state index contributed by atoms with van der Waals surface area (Å²) < 4.78 is 15.4. The average molecular weight is 267 g/mol. The molecule has 0 spiro atoms. The molecule has 0 bridgehead atoms. The number of hydrogen-bond acceptors (Lipinski definition) is 5. The van der Waals surface area contributed by atoms with Crippen molar-refractivity contribution in [2.45, 2.75) is 18.4 Å². The lowest BCUT2D eigenvalue weighted by Crippen LogP contribution is -2.07. The third kappa shape index (κ3) is 3.90. The molecule has 0 amide bonds. The third-order valence-electron chi connectivity index (χ3n) is 3.08. The van der Waals surface area contributed by atoms with Crippen molar-refractivity contribution >= 4 is 0 Å². The van der Waals surface area contributed by atoms with Crippen LogP contribution >= 0.6 is 0 Å². The minimum Gasteiger partial charge on any atom is -0.468 e. The van der Waals surface area contributed by atoms with Crippen LogP contribution in [0.3, 0.4) is 0 Å². The van der Waals surface area contributed by atoms with Crippen LogP contribution in [0.4, 0.5) is 0 Å². The van der Waals surface area contributed by atoms with Gasteiger partial charge in [0.1, 0.15) is 5.75 Å². The fourth-order valence-electron chi connectivity index (χ4n) is 1.89. The van der Waals surface area contributed by atoms with Crippen molar-refractivity contribution in [3.63, 3.8) is 0 Å². The fraction of sp³-hybridized carbons (Fsp3) is 0.538. The van der Waals surface area contributed by atoms with E-state index in [1.165, 1.54) is 0 Å². The lowest BCUT2D eigenvalue weighted by Gasteiger charge is -2.07. The van der Waals surface area contributed by atoms with Crippen LogP contribution in [0.1, 0.15) is 17.9 Å². The number of nitrogens with zero attached hydrogens (tertiary/aromatic N) is 1. The second-order valence-electron chi connectivity index (χ2n) is 4.43. The number of methoxy groups -OCH3 is 1. The van der Waals surface area contributed by atoms with E-state index in [1.54, 1.807) is 7.11 Å². The van der Waals surface area contributed by atoms with E-state index in [2.05, 4.69) is 0 Å². The molecule has 19 heavy (non-hydrogen) atoms. The molecule has 2 atom stereocenters. The van der Waals surface area contributed by atoms with Crippen molar-refractivity contribution in [3.05, 3.63) is 39.9 Å². The van der Waals surface area contributed by atoms with Crippen LogP contribution in [0, 0.1) is 10.1 Å². The first-order valence-corrected chi connectivity index (χ1v) is 6.15. The summed E-state index contributed by atoms with van der Waals surface area (Å²) in [6.07, 6.45) is 0.632. The minimum absolute atomic E-state index is 0.0574. The Kier molecular flexibility index (Phi) is 4.70. The summed E-state index contributed by atoms with van der Waals surface area (Å²) in [6, 6.07) is 6.95. The summed E-state index contributed by atoms with van der Waals surface area (Å²) in [5.41, 5.74) is 0.995. The number of benzene rings is 1. The Morgan fingerprint density at radius 1 is 1.32 bits per heavy atom. The lowest BCUT2D eigenvalue weighted by molar-refractivity contribution is -0.496. The Labute approximate surface area is 111 Å². The van der Waals surface area contributed by atoms with Gasteiger partial charge in [-0.15, -0.1) is 0 Å². The molecule has 0 aromatic heterocycles. The first-order chi connectivity index (χ1) is 9.22. The van der Waals surface area contributed by atoms with E-state index in [0.717, 1.165) is 5.56 Å². The Bertz CT molecular complexity index is 420. The van der Waals surface area contributed by atoms with Crippen molar-refractivity contribution in [1.82, 2.24) is 0 Å². The molecule has 2 unspecified atom stereocenters. The van der Waals surface area contributed by atoms with Crippen LogP contribution in [0.25, 0.3) is 0 Å². The van der Waals surface area contributed by atoms with Crippen molar-refractivity contribution in [3.8, 4) is 5.75 Å². The second kappa shape index (κ2) is 6.49. The molecule has 1 aromatic carbocycles. The molecule has 1 aliphatic carbocycles. The molecule has 6 heteroatoms. The first-order valence-electron chi connectivity index (χ1n) is 6.15. The van der Waals surface area contributed by atoms with Crippen molar-refractivity contribution < 1.29 is 19.1 Å². The maximum absolute atomic E-state index is 10.6. The summed E-state index contributed by atoms with van der Waals surface area (Å²) in [7, 11) is 1.61. The normalized spacial score (nSPS) is 21.1. The molecular weight excluding hydrogens is 250 g/mol. The summed E-state index contributed by atoms with van der Waals surface area (Å²) in [4.78, 5) is 10.4. The number of hydrogen-bond donors (Lipinski definition) is 0. The summed E-state index contributed by atoms with van der Waals surface area (Å²) in [6.45, 7) is 1.19. The molecule has 1 aromatic rings. The van der Waals surface area contributed by atoms with Gasteiger partial charge < -0.3 is 14.2 Å². The van der Waals surface area contributed by atoms with Gasteiger partial charge in [0.05, 0.1) is 19.1 Å². The molecule has 1 aliphatic rings. The van der Waals surface area contributed by atoms with Gasteiger partial charge in [0.2, 0.25) is 6.04 Å². The molecule has 6 nitrogen and oxygen atoms in total. The summed E-state index contributed by atoms with van der Waals surface area (Å²) in [5.74, 6) is 0.751. The molecule has 1 saturated carbocycles. The van der Waals surface area contributed by atoms with E-state index in [4.69, 9.17) is 14.2 Å². The highest BCUT2D eigenvalue weighted by Crippen LogP contribution is 2.43. The predicted molar refractivity (Wildman–Crippen MR) is 67.9 cm³/mol. The van der Waals surface area contributed by atoms with Gasteiger partial charge in [0.25, 0.3) is 0 Å². The van der Waals surface area contributed by atoms with Crippen LogP contribution < -0.4 is 4.74 Å². The van der Waals surface area contributed by atoms with Gasteiger partial charge in [-0.1, -0.05) is 12.1 Å². The Balaban J connectivity index is 1.75. The van der Waals surface area contributed by atoms with Gasteiger partial charge in [-0.3, -0.25) is 10.1 Å². The Morgan fingerprint density at radius 2 is 2.05 bits per heavy atom. The van der Waals surface area contributed by atoms with E-state index < -0.39 is 6.04 Å². The third-order valence-corrected chi connectivity index (χ3v) is 3.08. The van der Waals surface area contributed by atoms with Crippen molar-refractivity contribution in [1.29, 1.82) is 0 Å². The van der Waals surface area contributed by atoms with E-state index in [1.807, 2.05) is 24.3 Å². The zero-order chi connectivity index (χ0) is 13.7. The standard InChI is InChI=1S/C13H17NO5/c1-17-6-7-18-9-19-11-4-2-10(3-5-11)12-8-13(12)14(15)16/h2-5,12-13H,6-9H2,1H3. The van der Waals surface area contributed by atoms with E-state index >= 15 is 0 Å². The Morgan fingerprint density at radius 3 is 2.63 bits per heavy atom. The van der Waals surface area contributed by atoms with Gasteiger partial charge in [-0.2, -0.15) is 0 Å². The molecule has 1 fully saturated rings. The van der Waals surface area contributed by atoms with Crippen LogP contribution in [-0.2, 0) is 9.47 Å². The van der Waals surface area contributed by atoms with Gasteiger partial charge in [-0.25, -0.2) is 0 Å². The van der Waals surface area contributed by atoms with Crippen LogP contribution in [-0.4, -0.2) is 38.1 Å². The van der Waals surface area contributed by atoms with Crippen LogP contribution in [0.2, 0.25) is 0 Å². The van der Waals surface area contributed by atoms with Gasteiger partial charge in [-0.05, 0) is 17.7 Å². The zero-order valence-electron chi connectivity index (χ0n) is 10.8. The van der Waals surface area contributed by atoms with Crippen molar-refractivity contribution in [2.24, 2.45) is 0 Å². The minimum atomic E-state index is -0.413. The SMILES string of the molecule is COCCOCOc1ccc(C2CC2[N+](=O)[O-])cc1. The number of ether oxygens (including phenoxy) is 3. The van der Waals surface area contributed by atoms with Gasteiger partial charge in [0.15, 0.2) is 6.79 Å². The molecule has 0 saturated heterocycles. The highest BCUT2D eigenvalue weighted by Gasteiger charge is 2.49. The van der Waals surface area contributed by atoms with E-state index in [-0.39, 0.29) is 17.6 Å². The monoisotopic (exact) mass is 267 g/mol. The quantitative estimate of drug-likeness (QED) is 0.311. The molecule has 0 aliphatic heterocycles. The van der Waals surface area contributed by atoms with E-state index in [9.17, 15) is 10.1 Å². The maximum atomic E-state index is 10.6. The Hall–Kier alpha value is -1.66.